The van der Waals surface area contributed by atoms with Crippen LogP contribution >= 0.6 is 0 Å². The van der Waals surface area contributed by atoms with E-state index in [9.17, 15) is 4.79 Å². The number of rotatable bonds is 4. The molecule has 118 valence electrons. The molecule has 0 N–H and O–H groups in total. The highest BCUT2D eigenvalue weighted by Crippen LogP contribution is 2.21. The lowest BCUT2D eigenvalue weighted by Crippen LogP contribution is -2.53. The SMILES string of the molecule is CC(C)CCn1cc(C(=O)N2CC(C)OC(C)(C)C2)nn1. The smallest absolute Gasteiger partial charge is 0.276 e. The summed E-state index contributed by atoms with van der Waals surface area (Å²) in [7, 11) is 0. The molecule has 1 fully saturated rings. The van der Waals surface area contributed by atoms with E-state index in [1.165, 1.54) is 0 Å². The van der Waals surface area contributed by atoms with Gasteiger partial charge in [-0.1, -0.05) is 19.1 Å². The first-order valence-corrected chi connectivity index (χ1v) is 7.64. The van der Waals surface area contributed by atoms with Crippen LogP contribution in [0.25, 0.3) is 0 Å². The van der Waals surface area contributed by atoms with Gasteiger partial charge in [-0.3, -0.25) is 9.48 Å². The van der Waals surface area contributed by atoms with Crippen LogP contribution < -0.4 is 0 Å². The third kappa shape index (κ3) is 4.27. The van der Waals surface area contributed by atoms with E-state index in [1.54, 1.807) is 10.9 Å². The maximum absolute atomic E-state index is 12.5. The van der Waals surface area contributed by atoms with Gasteiger partial charge in [-0.25, -0.2) is 0 Å². The van der Waals surface area contributed by atoms with Crippen molar-refractivity contribution in [3.8, 4) is 0 Å². The Hall–Kier alpha value is -1.43. The Morgan fingerprint density at radius 1 is 1.52 bits per heavy atom. The van der Waals surface area contributed by atoms with Crippen LogP contribution in [0.4, 0.5) is 0 Å². The van der Waals surface area contributed by atoms with Crippen LogP contribution in [-0.4, -0.2) is 50.6 Å². The average Bonchev–Trinajstić information content (AvgIpc) is 2.81. The standard InChI is InChI=1S/C15H26N4O2/c1-11(2)6-7-19-9-13(16-17-19)14(20)18-8-12(3)21-15(4,5)10-18/h9,11-12H,6-8,10H2,1-5H3. The number of morpholine rings is 1. The van der Waals surface area contributed by atoms with Gasteiger partial charge in [0.2, 0.25) is 0 Å². The highest BCUT2D eigenvalue weighted by atomic mass is 16.5. The zero-order valence-electron chi connectivity index (χ0n) is 13.7. The van der Waals surface area contributed by atoms with Crippen LogP contribution in [0, 0.1) is 5.92 Å². The summed E-state index contributed by atoms with van der Waals surface area (Å²) < 4.78 is 7.58. The van der Waals surface area contributed by atoms with Crippen LogP contribution in [0.1, 0.15) is 51.5 Å². The second-order valence-corrected chi connectivity index (χ2v) is 6.92. The fourth-order valence-corrected chi connectivity index (χ4v) is 2.67. The number of aromatic nitrogens is 3. The maximum atomic E-state index is 12.5. The number of amides is 1. The van der Waals surface area contributed by atoms with Gasteiger partial charge in [0.1, 0.15) is 0 Å². The number of hydrogen-bond acceptors (Lipinski definition) is 4. The summed E-state index contributed by atoms with van der Waals surface area (Å²) in [5.41, 5.74) is 0.102. The van der Waals surface area contributed by atoms with Gasteiger partial charge in [-0.15, -0.1) is 5.10 Å². The van der Waals surface area contributed by atoms with Crippen molar-refractivity contribution in [2.45, 2.75) is 59.3 Å². The summed E-state index contributed by atoms with van der Waals surface area (Å²) >= 11 is 0. The van der Waals surface area contributed by atoms with E-state index < -0.39 is 0 Å². The largest absolute Gasteiger partial charge is 0.369 e. The number of aryl methyl sites for hydroxylation is 1. The van der Waals surface area contributed by atoms with Crippen molar-refractivity contribution in [3.63, 3.8) is 0 Å². The van der Waals surface area contributed by atoms with E-state index in [0.29, 0.717) is 24.7 Å². The zero-order valence-corrected chi connectivity index (χ0v) is 13.7. The van der Waals surface area contributed by atoms with Crippen molar-refractivity contribution >= 4 is 5.91 Å². The molecule has 1 aromatic rings. The molecule has 1 aliphatic rings. The molecular formula is C15H26N4O2. The highest BCUT2D eigenvalue weighted by Gasteiger charge is 2.34. The van der Waals surface area contributed by atoms with Gasteiger partial charge in [0.05, 0.1) is 17.9 Å². The van der Waals surface area contributed by atoms with Crippen molar-refractivity contribution in [2.75, 3.05) is 13.1 Å². The molecule has 21 heavy (non-hydrogen) atoms. The quantitative estimate of drug-likeness (QED) is 0.852. The monoisotopic (exact) mass is 294 g/mol. The average molecular weight is 294 g/mol. The number of nitrogens with zero attached hydrogens (tertiary/aromatic N) is 4. The lowest BCUT2D eigenvalue weighted by molar-refractivity contribution is -0.118. The van der Waals surface area contributed by atoms with Crippen LogP contribution in [0.3, 0.4) is 0 Å². The molecule has 0 radical (unpaired) electrons. The van der Waals surface area contributed by atoms with Gasteiger partial charge in [0.25, 0.3) is 5.91 Å². The zero-order chi connectivity index (χ0) is 15.6. The number of carbonyl (C=O) groups is 1. The Labute approximate surface area is 126 Å². The van der Waals surface area contributed by atoms with E-state index in [4.69, 9.17) is 4.74 Å². The summed E-state index contributed by atoms with van der Waals surface area (Å²) in [5, 5.41) is 8.07. The lowest BCUT2D eigenvalue weighted by atomic mass is 10.1. The molecule has 2 heterocycles. The van der Waals surface area contributed by atoms with Gasteiger partial charge in [-0.2, -0.15) is 0 Å². The molecule has 0 aromatic carbocycles. The second-order valence-electron chi connectivity index (χ2n) is 6.92. The number of carbonyl (C=O) groups excluding carboxylic acids is 1. The van der Waals surface area contributed by atoms with Gasteiger partial charge in [-0.05, 0) is 33.1 Å². The third-order valence-corrected chi connectivity index (χ3v) is 3.55. The molecular weight excluding hydrogens is 268 g/mol. The summed E-state index contributed by atoms with van der Waals surface area (Å²) in [6.45, 7) is 12.3. The van der Waals surface area contributed by atoms with E-state index in [2.05, 4.69) is 24.2 Å². The van der Waals surface area contributed by atoms with E-state index >= 15 is 0 Å². The Kier molecular flexibility index (Phi) is 4.66. The van der Waals surface area contributed by atoms with Gasteiger partial charge >= 0.3 is 0 Å². The Bertz CT molecular complexity index is 496. The molecule has 0 spiro atoms. The summed E-state index contributed by atoms with van der Waals surface area (Å²) in [6, 6.07) is 0. The maximum Gasteiger partial charge on any atom is 0.276 e. The van der Waals surface area contributed by atoms with Crippen molar-refractivity contribution in [1.82, 2.24) is 19.9 Å². The normalized spacial score (nSPS) is 21.8. The van der Waals surface area contributed by atoms with Crippen LogP contribution in [0.15, 0.2) is 6.20 Å². The van der Waals surface area contributed by atoms with E-state index in [1.807, 2.05) is 25.7 Å². The predicted octanol–water partition coefficient (Wildman–Crippen LogP) is 1.96. The molecule has 1 aliphatic heterocycles. The molecule has 1 saturated heterocycles. The summed E-state index contributed by atoms with van der Waals surface area (Å²) in [4.78, 5) is 14.3. The first-order chi connectivity index (χ1) is 9.77. The van der Waals surface area contributed by atoms with E-state index in [0.717, 1.165) is 13.0 Å². The minimum absolute atomic E-state index is 0.0358. The minimum atomic E-state index is -0.318. The van der Waals surface area contributed by atoms with Crippen molar-refractivity contribution < 1.29 is 9.53 Å². The van der Waals surface area contributed by atoms with Crippen LogP contribution in [0.5, 0.6) is 0 Å². The molecule has 6 heteroatoms. The number of hydrogen-bond donors (Lipinski definition) is 0. The predicted molar refractivity (Wildman–Crippen MR) is 80.0 cm³/mol. The molecule has 1 aromatic heterocycles. The highest BCUT2D eigenvalue weighted by molar-refractivity contribution is 5.92. The molecule has 0 aliphatic carbocycles. The first kappa shape index (κ1) is 15.9. The first-order valence-electron chi connectivity index (χ1n) is 7.64. The summed E-state index contributed by atoms with van der Waals surface area (Å²) in [6.07, 6.45) is 2.81. The van der Waals surface area contributed by atoms with Crippen molar-refractivity contribution in [2.24, 2.45) is 5.92 Å². The Morgan fingerprint density at radius 2 is 2.24 bits per heavy atom. The molecule has 1 unspecified atom stereocenters. The molecule has 2 rings (SSSR count). The lowest BCUT2D eigenvalue weighted by Gasteiger charge is -2.41. The fraction of sp³-hybridized carbons (Fsp3) is 0.800. The Balaban J connectivity index is 2.02. The third-order valence-electron chi connectivity index (χ3n) is 3.55. The molecule has 0 saturated carbocycles. The van der Waals surface area contributed by atoms with Gasteiger partial charge in [0, 0.05) is 19.6 Å². The van der Waals surface area contributed by atoms with Crippen LogP contribution in [-0.2, 0) is 11.3 Å². The minimum Gasteiger partial charge on any atom is -0.369 e. The van der Waals surface area contributed by atoms with E-state index in [-0.39, 0.29) is 17.6 Å². The fourth-order valence-electron chi connectivity index (χ4n) is 2.67. The topological polar surface area (TPSA) is 60.2 Å². The molecule has 0 bridgehead atoms. The molecule has 1 atom stereocenters. The van der Waals surface area contributed by atoms with Crippen LogP contribution in [0.2, 0.25) is 0 Å². The second kappa shape index (κ2) is 6.13. The summed E-state index contributed by atoms with van der Waals surface area (Å²) in [5.74, 6) is 0.545. The van der Waals surface area contributed by atoms with Gasteiger partial charge < -0.3 is 9.64 Å². The molecule has 6 nitrogen and oxygen atoms in total. The van der Waals surface area contributed by atoms with Crippen molar-refractivity contribution in [3.05, 3.63) is 11.9 Å². The van der Waals surface area contributed by atoms with Crippen molar-refractivity contribution in [1.29, 1.82) is 0 Å². The Morgan fingerprint density at radius 3 is 2.86 bits per heavy atom. The van der Waals surface area contributed by atoms with Gasteiger partial charge in [0.15, 0.2) is 5.69 Å². The molecule has 1 amide bonds. The number of ether oxygens (including phenoxy) is 1.